The summed E-state index contributed by atoms with van der Waals surface area (Å²) >= 11 is 1.37. The predicted octanol–water partition coefficient (Wildman–Crippen LogP) is 0.324. The van der Waals surface area contributed by atoms with Crippen molar-refractivity contribution in [2.75, 3.05) is 12.8 Å². The molecule has 0 saturated heterocycles. The van der Waals surface area contributed by atoms with E-state index < -0.39 is 5.54 Å². The number of thioether (sulfide) groups is 1. The number of carbonyl (C=O) groups excluding carboxylic acids is 1. The van der Waals surface area contributed by atoms with E-state index in [9.17, 15) is 4.79 Å². The molecule has 1 aromatic heterocycles. The predicted molar refractivity (Wildman–Crippen MR) is 63.5 cm³/mol. The molecule has 7 heteroatoms. The molecule has 1 fully saturated rings. The zero-order chi connectivity index (χ0) is 12.5. The van der Waals surface area contributed by atoms with Crippen LogP contribution in [0.1, 0.15) is 18.7 Å². The van der Waals surface area contributed by atoms with E-state index in [4.69, 9.17) is 10.2 Å². The molecule has 6 nitrogen and oxygen atoms in total. The number of amides is 1. The molecule has 0 bridgehead atoms. The molecule has 1 aliphatic rings. The molecule has 0 radical (unpaired) electrons. The van der Waals surface area contributed by atoms with Crippen LogP contribution in [0.5, 0.6) is 0 Å². The molecule has 94 valence electrons. The second-order valence-corrected chi connectivity index (χ2v) is 5.16. The van der Waals surface area contributed by atoms with Gasteiger partial charge in [0, 0.05) is 12.7 Å². The summed E-state index contributed by atoms with van der Waals surface area (Å²) in [4.78, 5) is 11.6. The Hall–Kier alpha value is -1.08. The summed E-state index contributed by atoms with van der Waals surface area (Å²) in [7, 11) is 1.77. The number of rotatable bonds is 6. The van der Waals surface area contributed by atoms with Gasteiger partial charge < -0.3 is 15.5 Å². The topological polar surface area (TPSA) is 94.0 Å². The molecular weight excluding hydrogens is 240 g/mol. The molecule has 0 aliphatic heterocycles. The van der Waals surface area contributed by atoms with Crippen molar-refractivity contribution in [3.8, 4) is 0 Å². The fourth-order valence-corrected chi connectivity index (χ4v) is 3.03. The maximum atomic E-state index is 11.6. The highest BCUT2D eigenvalue weighted by molar-refractivity contribution is 7.99. The second-order valence-electron chi connectivity index (χ2n) is 4.24. The summed E-state index contributed by atoms with van der Waals surface area (Å²) in [6, 6.07) is 0. The standard InChI is InChI=1S/C10H16N4O2S/c1-6-13-14-9(16-6)17-5-10(12-2,8(11)15)7-3-4-7/h7,12H,3-5H2,1-2H3,(H2,11,15). The van der Waals surface area contributed by atoms with Gasteiger partial charge in [0.2, 0.25) is 11.8 Å². The molecule has 1 saturated carbocycles. The molecule has 1 aromatic rings. The van der Waals surface area contributed by atoms with Crippen molar-refractivity contribution in [3.05, 3.63) is 5.89 Å². The Morgan fingerprint density at radius 1 is 1.65 bits per heavy atom. The van der Waals surface area contributed by atoms with Gasteiger partial charge in [0.1, 0.15) is 5.54 Å². The minimum absolute atomic E-state index is 0.314. The van der Waals surface area contributed by atoms with E-state index in [0.29, 0.717) is 22.8 Å². The first kappa shape index (κ1) is 12.4. The van der Waals surface area contributed by atoms with E-state index in [2.05, 4.69) is 15.5 Å². The third-order valence-corrected chi connectivity index (χ3v) is 4.10. The van der Waals surface area contributed by atoms with Crippen LogP contribution in [-0.4, -0.2) is 34.4 Å². The maximum Gasteiger partial charge on any atom is 0.276 e. The molecule has 1 unspecified atom stereocenters. The lowest BCUT2D eigenvalue weighted by atomic mass is 9.95. The van der Waals surface area contributed by atoms with Gasteiger partial charge in [-0.2, -0.15) is 0 Å². The second kappa shape index (κ2) is 4.66. The molecule has 1 atom stereocenters. The van der Waals surface area contributed by atoms with Crippen LogP contribution >= 0.6 is 11.8 Å². The van der Waals surface area contributed by atoms with Gasteiger partial charge in [0.05, 0.1) is 0 Å². The summed E-state index contributed by atoms with van der Waals surface area (Å²) in [6.45, 7) is 1.73. The van der Waals surface area contributed by atoms with Crippen LogP contribution < -0.4 is 11.1 Å². The molecule has 0 aromatic carbocycles. The SMILES string of the molecule is CNC(CSc1nnc(C)o1)(C(N)=O)C1CC1. The van der Waals surface area contributed by atoms with E-state index in [1.807, 2.05) is 0 Å². The van der Waals surface area contributed by atoms with Crippen molar-refractivity contribution in [1.29, 1.82) is 0 Å². The first-order valence-electron chi connectivity index (χ1n) is 5.50. The molecule has 3 N–H and O–H groups in total. The fourth-order valence-electron chi connectivity index (χ4n) is 1.88. The van der Waals surface area contributed by atoms with E-state index in [0.717, 1.165) is 12.8 Å². The number of primary amides is 1. The molecule has 1 amide bonds. The number of aromatic nitrogens is 2. The van der Waals surface area contributed by atoms with Gasteiger partial charge in [-0.15, -0.1) is 10.2 Å². The normalized spacial score (nSPS) is 18.9. The molecule has 0 spiro atoms. The minimum Gasteiger partial charge on any atom is -0.416 e. The van der Waals surface area contributed by atoms with Crippen LogP contribution in [-0.2, 0) is 4.79 Å². The average molecular weight is 256 g/mol. The first-order valence-corrected chi connectivity index (χ1v) is 6.49. The molecule has 2 rings (SSSR count). The quantitative estimate of drug-likeness (QED) is 0.712. The number of hydrogen-bond acceptors (Lipinski definition) is 6. The van der Waals surface area contributed by atoms with Crippen LogP contribution in [0.3, 0.4) is 0 Å². The van der Waals surface area contributed by atoms with Crippen molar-refractivity contribution < 1.29 is 9.21 Å². The Labute approximate surface area is 104 Å². The number of nitrogens with one attached hydrogen (secondary N) is 1. The summed E-state index contributed by atoms with van der Waals surface area (Å²) in [5, 5.41) is 11.2. The fraction of sp³-hybridized carbons (Fsp3) is 0.700. The van der Waals surface area contributed by atoms with Gasteiger partial charge >= 0.3 is 0 Å². The minimum atomic E-state index is -0.660. The Morgan fingerprint density at radius 3 is 2.76 bits per heavy atom. The highest BCUT2D eigenvalue weighted by Gasteiger charge is 2.49. The Morgan fingerprint density at radius 2 is 2.35 bits per heavy atom. The number of hydrogen-bond donors (Lipinski definition) is 2. The lowest BCUT2D eigenvalue weighted by Crippen LogP contribution is -2.57. The molecule has 1 aliphatic carbocycles. The van der Waals surface area contributed by atoms with Crippen LogP contribution in [0.15, 0.2) is 9.64 Å². The van der Waals surface area contributed by atoms with Gasteiger partial charge in [0.15, 0.2) is 0 Å². The number of nitrogens with two attached hydrogens (primary N) is 1. The summed E-state index contributed by atoms with van der Waals surface area (Å²) < 4.78 is 5.26. The van der Waals surface area contributed by atoms with Crippen molar-refractivity contribution in [2.24, 2.45) is 11.7 Å². The van der Waals surface area contributed by atoms with Crippen LogP contribution in [0, 0.1) is 12.8 Å². The average Bonchev–Trinajstić information content (AvgIpc) is 3.04. The largest absolute Gasteiger partial charge is 0.416 e. The summed E-state index contributed by atoms with van der Waals surface area (Å²) in [5.74, 6) is 1.05. The van der Waals surface area contributed by atoms with Crippen molar-refractivity contribution in [1.82, 2.24) is 15.5 Å². The van der Waals surface area contributed by atoms with Crippen molar-refractivity contribution in [3.63, 3.8) is 0 Å². The lowest BCUT2D eigenvalue weighted by molar-refractivity contribution is -0.124. The zero-order valence-corrected chi connectivity index (χ0v) is 10.7. The highest BCUT2D eigenvalue weighted by Crippen LogP contribution is 2.41. The summed E-state index contributed by atoms with van der Waals surface area (Å²) in [5.41, 5.74) is 4.85. The number of aryl methyl sites for hydroxylation is 1. The van der Waals surface area contributed by atoms with Gasteiger partial charge in [-0.05, 0) is 25.8 Å². The Bertz CT molecular complexity index is 418. The highest BCUT2D eigenvalue weighted by atomic mass is 32.2. The molecule has 17 heavy (non-hydrogen) atoms. The zero-order valence-electron chi connectivity index (χ0n) is 9.90. The van der Waals surface area contributed by atoms with E-state index >= 15 is 0 Å². The number of likely N-dealkylation sites (N-methyl/N-ethyl adjacent to an activating group) is 1. The van der Waals surface area contributed by atoms with Crippen molar-refractivity contribution >= 4 is 17.7 Å². The van der Waals surface area contributed by atoms with Gasteiger partial charge in [0.25, 0.3) is 5.22 Å². The van der Waals surface area contributed by atoms with Crippen LogP contribution in [0.4, 0.5) is 0 Å². The van der Waals surface area contributed by atoms with Gasteiger partial charge in [-0.1, -0.05) is 11.8 Å². The Kier molecular flexibility index (Phi) is 3.39. The van der Waals surface area contributed by atoms with Crippen molar-refractivity contribution in [2.45, 2.75) is 30.5 Å². The van der Waals surface area contributed by atoms with Gasteiger partial charge in [-0.3, -0.25) is 4.79 Å². The first-order chi connectivity index (χ1) is 8.08. The monoisotopic (exact) mass is 256 g/mol. The molecular formula is C10H16N4O2S. The van der Waals surface area contributed by atoms with Gasteiger partial charge in [-0.25, -0.2) is 0 Å². The number of carbonyl (C=O) groups is 1. The Balaban J connectivity index is 2.05. The lowest BCUT2D eigenvalue weighted by Gasteiger charge is -2.29. The smallest absolute Gasteiger partial charge is 0.276 e. The summed E-state index contributed by atoms with van der Waals surface area (Å²) in [6.07, 6.45) is 2.07. The third kappa shape index (κ3) is 2.44. The van der Waals surface area contributed by atoms with E-state index in [1.54, 1.807) is 14.0 Å². The number of nitrogens with zero attached hydrogens (tertiary/aromatic N) is 2. The van der Waals surface area contributed by atoms with Crippen LogP contribution in [0.2, 0.25) is 0 Å². The van der Waals surface area contributed by atoms with E-state index in [-0.39, 0.29) is 5.91 Å². The van der Waals surface area contributed by atoms with Crippen LogP contribution in [0.25, 0.3) is 0 Å². The third-order valence-electron chi connectivity index (χ3n) is 3.09. The maximum absolute atomic E-state index is 11.6. The molecule has 1 heterocycles. The van der Waals surface area contributed by atoms with E-state index in [1.165, 1.54) is 11.8 Å².